The monoisotopic (exact) mass is 450 g/mol. The minimum Gasteiger partial charge on any atom is -0.492 e. The zero-order valence-electron chi connectivity index (χ0n) is 17.3. The predicted molar refractivity (Wildman–Crippen MR) is 126 cm³/mol. The van der Waals surface area contributed by atoms with E-state index >= 15 is 0 Å². The Labute approximate surface area is 192 Å². The molecule has 1 N–H and O–H groups in total. The first-order valence-electron chi connectivity index (χ1n) is 10.5. The van der Waals surface area contributed by atoms with Crippen LogP contribution >= 0.6 is 24.8 Å². The molecule has 0 amide bonds. The number of fused-ring (bicyclic) bond motifs is 1. The summed E-state index contributed by atoms with van der Waals surface area (Å²) in [7, 11) is 0. The number of benzene rings is 2. The number of carbonyl (C=O) groups excluding carboxylic acids is 1. The number of Topliss-reactive ketones (excluding diaryl/α,β-unsaturated/α-hetero) is 1. The van der Waals surface area contributed by atoms with E-state index in [2.05, 4.69) is 40.5 Å². The molecule has 2 aliphatic rings. The molecule has 30 heavy (non-hydrogen) atoms. The van der Waals surface area contributed by atoms with Crippen LogP contribution in [0.3, 0.4) is 0 Å². The Kier molecular flexibility index (Phi) is 10.1. The molecule has 0 radical (unpaired) electrons. The minimum atomic E-state index is 0. The number of rotatable bonds is 6. The minimum absolute atomic E-state index is 0. The van der Waals surface area contributed by atoms with Gasteiger partial charge in [0.1, 0.15) is 12.4 Å². The van der Waals surface area contributed by atoms with E-state index in [1.54, 1.807) is 0 Å². The maximum absolute atomic E-state index is 12.7. The fourth-order valence-corrected chi connectivity index (χ4v) is 4.24. The smallest absolute Gasteiger partial charge is 0.162 e. The molecule has 1 saturated heterocycles. The highest BCUT2D eigenvalue weighted by atomic mass is 35.5. The molecule has 164 valence electrons. The van der Waals surface area contributed by atoms with Crippen LogP contribution in [0.25, 0.3) is 0 Å². The zero-order chi connectivity index (χ0) is 19.2. The van der Waals surface area contributed by atoms with E-state index in [1.165, 1.54) is 18.4 Å². The highest BCUT2D eigenvalue weighted by Crippen LogP contribution is 2.26. The number of ketones is 1. The molecular formula is C24H32Cl2N2O2. The standard InChI is InChI=1S/C24H30N2O2.2ClH/c27-23(21-7-9-24-22(16-21)17-25-12-15-28-24)8-6-19-10-13-26(14-11-19)18-20-4-2-1-3-5-20;;/h1-5,7,9,16,19,25H,6,8,10-15,17-18H2;2*1H. The van der Waals surface area contributed by atoms with Gasteiger partial charge in [0, 0.05) is 37.2 Å². The van der Waals surface area contributed by atoms with Crippen LogP contribution in [-0.2, 0) is 13.1 Å². The summed E-state index contributed by atoms with van der Waals surface area (Å²) in [6.07, 6.45) is 4.05. The number of carbonyl (C=O) groups is 1. The van der Waals surface area contributed by atoms with Crippen LogP contribution in [-0.4, -0.2) is 36.9 Å². The van der Waals surface area contributed by atoms with Crippen LogP contribution in [0.15, 0.2) is 48.5 Å². The van der Waals surface area contributed by atoms with E-state index < -0.39 is 0 Å². The Bertz CT molecular complexity index is 793. The third-order valence-corrected chi connectivity index (χ3v) is 5.97. The Hall–Kier alpha value is -1.59. The van der Waals surface area contributed by atoms with Crippen molar-refractivity contribution >= 4 is 30.6 Å². The van der Waals surface area contributed by atoms with Gasteiger partial charge < -0.3 is 10.1 Å². The second-order valence-electron chi connectivity index (χ2n) is 8.01. The number of piperidine rings is 1. The second kappa shape index (κ2) is 12.3. The summed E-state index contributed by atoms with van der Waals surface area (Å²) in [4.78, 5) is 15.2. The van der Waals surface area contributed by atoms with Crippen LogP contribution in [0.4, 0.5) is 0 Å². The van der Waals surface area contributed by atoms with E-state index in [9.17, 15) is 4.79 Å². The topological polar surface area (TPSA) is 41.6 Å². The fourth-order valence-electron chi connectivity index (χ4n) is 4.24. The third kappa shape index (κ3) is 6.71. The Morgan fingerprint density at radius 2 is 1.83 bits per heavy atom. The molecule has 1 fully saturated rings. The second-order valence-corrected chi connectivity index (χ2v) is 8.01. The summed E-state index contributed by atoms with van der Waals surface area (Å²) in [5, 5.41) is 3.33. The Morgan fingerprint density at radius 3 is 2.60 bits per heavy atom. The van der Waals surface area contributed by atoms with Crippen molar-refractivity contribution in [1.29, 1.82) is 0 Å². The van der Waals surface area contributed by atoms with Gasteiger partial charge in [-0.15, -0.1) is 24.8 Å². The first-order valence-corrected chi connectivity index (χ1v) is 10.5. The molecule has 0 spiro atoms. The number of ether oxygens (including phenoxy) is 1. The van der Waals surface area contributed by atoms with E-state index in [1.807, 2.05) is 18.2 Å². The van der Waals surface area contributed by atoms with Gasteiger partial charge in [-0.25, -0.2) is 0 Å². The molecular weight excluding hydrogens is 419 g/mol. The van der Waals surface area contributed by atoms with Gasteiger partial charge in [0.05, 0.1) is 0 Å². The highest BCUT2D eigenvalue weighted by molar-refractivity contribution is 5.96. The maximum atomic E-state index is 12.7. The number of hydrogen-bond acceptors (Lipinski definition) is 4. The molecule has 6 heteroatoms. The van der Waals surface area contributed by atoms with Gasteiger partial charge in [0.15, 0.2) is 5.78 Å². The number of halogens is 2. The summed E-state index contributed by atoms with van der Waals surface area (Å²) in [6.45, 7) is 5.61. The van der Waals surface area contributed by atoms with Gasteiger partial charge in [-0.3, -0.25) is 9.69 Å². The van der Waals surface area contributed by atoms with Gasteiger partial charge >= 0.3 is 0 Å². The molecule has 2 heterocycles. The molecule has 4 rings (SSSR count). The number of likely N-dealkylation sites (tertiary alicyclic amines) is 1. The Morgan fingerprint density at radius 1 is 1.07 bits per heavy atom. The van der Waals surface area contributed by atoms with Crippen LogP contribution in [0, 0.1) is 5.92 Å². The average molecular weight is 451 g/mol. The largest absolute Gasteiger partial charge is 0.492 e. The van der Waals surface area contributed by atoms with Gasteiger partial charge in [-0.2, -0.15) is 0 Å². The molecule has 0 aromatic heterocycles. The molecule has 0 bridgehead atoms. The van der Waals surface area contributed by atoms with Crippen molar-refractivity contribution in [1.82, 2.24) is 10.2 Å². The molecule has 0 unspecified atom stereocenters. The number of nitrogens with zero attached hydrogens (tertiary/aromatic N) is 1. The van der Waals surface area contributed by atoms with E-state index in [0.717, 1.165) is 56.0 Å². The van der Waals surface area contributed by atoms with Gasteiger partial charge in [0.25, 0.3) is 0 Å². The molecule has 0 aliphatic carbocycles. The molecule has 0 atom stereocenters. The van der Waals surface area contributed by atoms with Gasteiger partial charge in [0.2, 0.25) is 0 Å². The molecule has 2 aromatic carbocycles. The lowest BCUT2D eigenvalue weighted by Gasteiger charge is -2.32. The predicted octanol–water partition coefficient (Wildman–Crippen LogP) is 4.89. The summed E-state index contributed by atoms with van der Waals surface area (Å²) in [5.41, 5.74) is 3.31. The fraction of sp³-hybridized carbons (Fsp3) is 0.458. The average Bonchev–Trinajstić information content (AvgIpc) is 2.98. The van der Waals surface area contributed by atoms with Crippen molar-refractivity contribution in [3.63, 3.8) is 0 Å². The highest BCUT2D eigenvalue weighted by Gasteiger charge is 2.21. The van der Waals surface area contributed by atoms with Gasteiger partial charge in [-0.05, 0) is 62.0 Å². The summed E-state index contributed by atoms with van der Waals surface area (Å²) in [6, 6.07) is 16.6. The molecule has 4 nitrogen and oxygen atoms in total. The Balaban J connectivity index is 0.00000160. The maximum Gasteiger partial charge on any atom is 0.162 e. The zero-order valence-corrected chi connectivity index (χ0v) is 19.0. The lowest BCUT2D eigenvalue weighted by molar-refractivity contribution is 0.0961. The van der Waals surface area contributed by atoms with Crippen LogP contribution in [0.5, 0.6) is 5.75 Å². The quantitative estimate of drug-likeness (QED) is 0.636. The van der Waals surface area contributed by atoms with Crippen molar-refractivity contribution < 1.29 is 9.53 Å². The van der Waals surface area contributed by atoms with Crippen molar-refractivity contribution in [2.75, 3.05) is 26.2 Å². The summed E-state index contributed by atoms with van der Waals surface area (Å²) >= 11 is 0. The van der Waals surface area contributed by atoms with Crippen molar-refractivity contribution in [3.05, 3.63) is 65.2 Å². The van der Waals surface area contributed by atoms with Crippen LogP contribution in [0.1, 0.15) is 47.2 Å². The number of nitrogens with one attached hydrogen (secondary N) is 1. The first kappa shape index (κ1) is 24.7. The molecule has 2 aliphatic heterocycles. The van der Waals surface area contributed by atoms with Gasteiger partial charge in [-0.1, -0.05) is 30.3 Å². The lowest BCUT2D eigenvalue weighted by atomic mass is 9.90. The van der Waals surface area contributed by atoms with E-state index in [-0.39, 0.29) is 30.6 Å². The normalized spacial score (nSPS) is 16.9. The van der Waals surface area contributed by atoms with Crippen LogP contribution < -0.4 is 10.1 Å². The van der Waals surface area contributed by atoms with Crippen molar-refractivity contribution in [3.8, 4) is 5.75 Å². The summed E-state index contributed by atoms with van der Waals surface area (Å²) in [5.74, 6) is 1.84. The SMILES string of the molecule is Cl.Cl.O=C(CCC1CCN(Cc2ccccc2)CC1)c1ccc2c(c1)CNCCO2. The first-order chi connectivity index (χ1) is 13.8. The third-order valence-electron chi connectivity index (χ3n) is 5.97. The van der Waals surface area contributed by atoms with E-state index in [4.69, 9.17) is 4.74 Å². The van der Waals surface area contributed by atoms with Crippen molar-refractivity contribution in [2.24, 2.45) is 5.92 Å². The lowest BCUT2D eigenvalue weighted by Crippen LogP contribution is -2.33. The van der Waals surface area contributed by atoms with Crippen molar-refractivity contribution in [2.45, 2.75) is 38.8 Å². The molecule has 2 aromatic rings. The molecule has 0 saturated carbocycles. The summed E-state index contributed by atoms with van der Waals surface area (Å²) < 4.78 is 5.71. The van der Waals surface area contributed by atoms with Crippen LogP contribution in [0.2, 0.25) is 0 Å². The number of hydrogen-bond donors (Lipinski definition) is 1. The van der Waals surface area contributed by atoms with E-state index in [0.29, 0.717) is 18.9 Å².